The maximum Gasteiger partial charge on any atom is 0.217 e. The fourth-order valence-electron chi connectivity index (χ4n) is 0.497. The Labute approximate surface area is 53.0 Å². The van der Waals surface area contributed by atoms with E-state index in [2.05, 4.69) is 9.50 Å². The molecule has 0 amide bonds. The zero-order chi connectivity index (χ0) is 6.91. The van der Waals surface area contributed by atoms with Gasteiger partial charge in [0.15, 0.2) is 0 Å². The van der Waals surface area contributed by atoms with Crippen LogP contribution in [0.15, 0.2) is 0 Å². The quantitative estimate of drug-likeness (QED) is 0.382. The van der Waals surface area contributed by atoms with Gasteiger partial charge in [-0.2, -0.15) is 0 Å². The molecule has 9 heavy (non-hydrogen) atoms. The highest BCUT2D eigenvalue weighted by Gasteiger charge is 2.19. The highest BCUT2D eigenvalue weighted by molar-refractivity contribution is 7.80. The van der Waals surface area contributed by atoms with Gasteiger partial charge < -0.3 is 9.87 Å². The van der Waals surface area contributed by atoms with Crippen LogP contribution in [0.25, 0.3) is 0 Å². The van der Waals surface area contributed by atoms with Crippen LogP contribution in [0, 0.1) is 0 Å². The Hall–Kier alpha value is -0.170. The number of hydrogen-bond acceptors (Lipinski definition) is 5. The normalized spacial score (nSPS) is 21.4. The van der Waals surface area contributed by atoms with E-state index >= 15 is 0 Å². The van der Waals surface area contributed by atoms with Crippen LogP contribution in [0.1, 0.15) is 0 Å². The van der Waals surface area contributed by atoms with Crippen LogP contribution in [0.2, 0.25) is 0 Å². The summed E-state index contributed by atoms with van der Waals surface area (Å²) in [5, 5.41) is 2.76. The lowest BCUT2D eigenvalue weighted by Gasteiger charge is -2.27. The Morgan fingerprint density at radius 1 is 1.56 bits per heavy atom. The number of rotatable bonds is 2. The molecular weight excluding hydrogens is 146 g/mol. The van der Waals surface area contributed by atoms with E-state index < -0.39 is 16.5 Å². The van der Waals surface area contributed by atoms with E-state index in [1.165, 1.54) is 0 Å². The summed E-state index contributed by atoms with van der Waals surface area (Å²) in [5.41, 5.74) is 0. The molecule has 0 unspecified atom stereocenters. The van der Waals surface area contributed by atoms with Crippen molar-refractivity contribution >= 4 is 10.4 Å². The molecule has 1 aliphatic rings. The highest BCUT2D eigenvalue weighted by atomic mass is 32.3. The molecule has 54 valence electrons. The van der Waals surface area contributed by atoms with E-state index in [1.54, 1.807) is 0 Å². The van der Waals surface area contributed by atoms with Gasteiger partial charge in [0.05, 0.1) is 0 Å². The molecule has 1 saturated heterocycles. The molecule has 0 aromatic carbocycles. The fourth-order valence-corrected chi connectivity index (χ4v) is 0.966. The van der Waals surface area contributed by atoms with Crippen molar-refractivity contribution in [3.05, 3.63) is 0 Å². The molecular formula is C3H6NO4S-. The van der Waals surface area contributed by atoms with E-state index in [9.17, 15) is 13.0 Å². The van der Waals surface area contributed by atoms with Gasteiger partial charge >= 0.3 is 0 Å². The molecule has 1 rings (SSSR count). The Morgan fingerprint density at radius 3 is 2.22 bits per heavy atom. The maximum atomic E-state index is 9.83. The summed E-state index contributed by atoms with van der Waals surface area (Å²) >= 11 is 0. The first-order valence-electron chi connectivity index (χ1n) is 2.43. The van der Waals surface area contributed by atoms with Crippen molar-refractivity contribution in [3.63, 3.8) is 0 Å². The van der Waals surface area contributed by atoms with Crippen molar-refractivity contribution in [3.8, 4) is 0 Å². The summed E-state index contributed by atoms with van der Waals surface area (Å²) in [5.74, 6) is 0. The smallest absolute Gasteiger partial charge is 0.217 e. The summed E-state index contributed by atoms with van der Waals surface area (Å²) in [6.07, 6.45) is -0.438. The van der Waals surface area contributed by atoms with Crippen LogP contribution in [0.5, 0.6) is 0 Å². The van der Waals surface area contributed by atoms with Crippen LogP contribution >= 0.6 is 0 Å². The third-order valence-electron chi connectivity index (χ3n) is 0.998. The van der Waals surface area contributed by atoms with Crippen molar-refractivity contribution in [2.75, 3.05) is 13.1 Å². The highest BCUT2D eigenvalue weighted by Crippen LogP contribution is 2.00. The van der Waals surface area contributed by atoms with Gasteiger partial charge in [0.1, 0.15) is 6.10 Å². The molecule has 0 saturated carbocycles. The van der Waals surface area contributed by atoms with Crippen LogP contribution in [-0.2, 0) is 14.6 Å². The van der Waals surface area contributed by atoms with Crippen molar-refractivity contribution in [1.82, 2.24) is 5.32 Å². The average molecular weight is 152 g/mol. The molecule has 0 aromatic heterocycles. The van der Waals surface area contributed by atoms with Crippen molar-refractivity contribution in [1.29, 1.82) is 0 Å². The molecule has 0 aliphatic carbocycles. The second-order valence-electron chi connectivity index (χ2n) is 1.78. The van der Waals surface area contributed by atoms with Crippen LogP contribution in [0.3, 0.4) is 0 Å². The van der Waals surface area contributed by atoms with Gasteiger partial charge in [-0.15, -0.1) is 0 Å². The fraction of sp³-hybridized carbons (Fsp3) is 1.00. The molecule has 1 heterocycles. The third kappa shape index (κ3) is 2.27. The number of hydrogen-bond donors (Lipinski definition) is 1. The minimum atomic E-state index is -4.47. The van der Waals surface area contributed by atoms with E-state index in [-0.39, 0.29) is 0 Å². The van der Waals surface area contributed by atoms with Gasteiger partial charge in [-0.3, -0.25) is 4.18 Å². The predicted octanol–water partition coefficient (Wildman–Crippen LogP) is -1.56. The summed E-state index contributed by atoms with van der Waals surface area (Å²) < 4.78 is 33.5. The maximum absolute atomic E-state index is 9.83. The summed E-state index contributed by atoms with van der Waals surface area (Å²) in [6, 6.07) is 0. The topological polar surface area (TPSA) is 78.5 Å². The molecule has 1 fully saturated rings. The molecule has 5 nitrogen and oxygen atoms in total. The molecule has 1 N–H and O–H groups in total. The Kier molecular flexibility index (Phi) is 1.71. The van der Waals surface area contributed by atoms with Gasteiger partial charge in [0, 0.05) is 13.1 Å². The molecule has 1 aliphatic heterocycles. The van der Waals surface area contributed by atoms with Gasteiger partial charge in [-0.05, 0) is 0 Å². The van der Waals surface area contributed by atoms with Crippen LogP contribution in [-0.4, -0.2) is 32.2 Å². The molecule has 0 spiro atoms. The molecule has 0 atom stereocenters. The Bertz CT molecular complexity index is 182. The van der Waals surface area contributed by atoms with Crippen LogP contribution < -0.4 is 5.32 Å². The second-order valence-corrected chi connectivity index (χ2v) is 2.79. The Morgan fingerprint density at radius 2 is 2.11 bits per heavy atom. The first-order chi connectivity index (χ1) is 4.08. The average Bonchev–Trinajstić information content (AvgIpc) is 1.53. The number of nitrogens with one attached hydrogen (secondary N) is 1. The van der Waals surface area contributed by atoms with Crippen LogP contribution in [0.4, 0.5) is 0 Å². The zero-order valence-electron chi connectivity index (χ0n) is 4.53. The van der Waals surface area contributed by atoms with Crippen molar-refractivity contribution in [2.24, 2.45) is 0 Å². The molecule has 0 aromatic rings. The lowest BCUT2D eigenvalue weighted by atomic mass is 10.2. The van der Waals surface area contributed by atoms with Crippen molar-refractivity contribution in [2.45, 2.75) is 6.10 Å². The minimum Gasteiger partial charge on any atom is -0.726 e. The summed E-state index contributed by atoms with van der Waals surface area (Å²) in [4.78, 5) is 0. The Balaban J connectivity index is 2.33. The lowest BCUT2D eigenvalue weighted by molar-refractivity contribution is 0.128. The second kappa shape index (κ2) is 2.22. The van der Waals surface area contributed by atoms with E-state index in [0.29, 0.717) is 13.1 Å². The van der Waals surface area contributed by atoms with Gasteiger partial charge in [0.25, 0.3) is 0 Å². The molecule has 0 radical (unpaired) electrons. The molecule has 6 heteroatoms. The van der Waals surface area contributed by atoms with Gasteiger partial charge in [0.2, 0.25) is 10.4 Å². The lowest BCUT2D eigenvalue weighted by Crippen LogP contribution is -2.49. The first kappa shape index (κ1) is 6.94. The van der Waals surface area contributed by atoms with Crippen molar-refractivity contribution < 1.29 is 17.2 Å². The first-order valence-corrected chi connectivity index (χ1v) is 3.76. The molecule has 0 bridgehead atoms. The standard InChI is InChI=1S/C3H7NO4S/c5-9(6,7)8-3-1-4-2-3/h3-4H,1-2H2,(H,5,6,7)/p-1. The van der Waals surface area contributed by atoms with E-state index in [1.807, 2.05) is 0 Å². The monoisotopic (exact) mass is 152 g/mol. The largest absolute Gasteiger partial charge is 0.726 e. The predicted molar refractivity (Wildman–Crippen MR) is 27.4 cm³/mol. The third-order valence-corrected chi connectivity index (χ3v) is 1.51. The summed E-state index contributed by atoms with van der Waals surface area (Å²) in [7, 11) is -4.47. The minimum absolute atomic E-state index is 0.438. The van der Waals surface area contributed by atoms with E-state index in [0.717, 1.165) is 0 Å². The summed E-state index contributed by atoms with van der Waals surface area (Å²) in [6.45, 7) is 0.892. The SMILES string of the molecule is O=S(=O)([O-])OC1CNC1. The van der Waals surface area contributed by atoms with Gasteiger partial charge in [-0.25, -0.2) is 8.42 Å². The van der Waals surface area contributed by atoms with E-state index in [4.69, 9.17) is 0 Å². The van der Waals surface area contributed by atoms with Gasteiger partial charge in [-0.1, -0.05) is 0 Å². The zero-order valence-corrected chi connectivity index (χ0v) is 5.35.